The number of nitrogens with zero attached hydrogens (tertiary/aromatic N) is 1. The zero-order valence-corrected chi connectivity index (χ0v) is 20.5. The van der Waals surface area contributed by atoms with Crippen LogP contribution in [0.2, 0.25) is 0 Å². The van der Waals surface area contributed by atoms with Gasteiger partial charge in [0.25, 0.3) is 0 Å². The van der Waals surface area contributed by atoms with Crippen LogP contribution in [0.15, 0.2) is 47.3 Å². The number of rotatable bonds is 13. The lowest BCUT2D eigenvalue weighted by molar-refractivity contribution is -0.123. The normalized spacial score (nSPS) is 17.1. The zero-order chi connectivity index (χ0) is 24.2. The number of Topliss-reactive ketones (excluding diaryl/α,β-unsaturated/α-hetero) is 1. The Morgan fingerprint density at radius 2 is 2.03 bits per heavy atom. The van der Waals surface area contributed by atoms with E-state index in [-0.39, 0.29) is 23.5 Å². The van der Waals surface area contributed by atoms with Gasteiger partial charge in [0, 0.05) is 37.6 Å². The van der Waals surface area contributed by atoms with E-state index in [1.54, 1.807) is 34.2 Å². The summed E-state index contributed by atoms with van der Waals surface area (Å²) in [6.45, 7) is 4.70. The van der Waals surface area contributed by atoms with Gasteiger partial charge in [0.05, 0.1) is 31.0 Å². The van der Waals surface area contributed by atoms with Gasteiger partial charge in [-0.15, -0.1) is 12.6 Å². The first kappa shape index (κ1) is 26.8. The fourth-order valence-corrected chi connectivity index (χ4v) is 3.71. The third-order valence-corrected chi connectivity index (χ3v) is 5.96. The molecule has 182 valence electrons. The SMILES string of the molecule is CN/C=C\O[C@@H](C)C(=O)/C(C)=C(\S)N(C=O)C[C@H](OC1CCOCC1)c1ccccc1OC. The average Bonchev–Trinajstić information content (AvgIpc) is 2.85. The van der Waals surface area contributed by atoms with E-state index in [2.05, 4.69) is 17.9 Å². The standard InChI is InChI=1S/C24H34N2O6S/c1-17(23(28)18(2)31-14-11-25-3)24(33)26(16-27)15-22(32-19-9-12-30-13-10-19)20-7-5-6-8-21(20)29-4/h5-8,11,14,16,18-19,22,25,33H,9-10,12-13,15H2,1-4H3/b14-11-,24-17-/t18-,22-/m0/s1. The molecule has 9 heteroatoms. The molecule has 1 heterocycles. The first-order valence-electron chi connectivity index (χ1n) is 10.9. The maximum atomic E-state index is 12.8. The number of ether oxygens (including phenoxy) is 4. The van der Waals surface area contributed by atoms with Gasteiger partial charge in [-0.1, -0.05) is 18.2 Å². The lowest BCUT2D eigenvalue weighted by atomic mass is 10.1. The molecule has 33 heavy (non-hydrogen) atoms. The minimum absolute atomic E-state index is 0.00961. The van der Waals surface area contributed by atoms with E-state index in [0.717, 1.165) is 18.4 Å². The summed E-state index contributed by atoms with van der Waals surface area (Å²) in [5.74, 6) is 0.392. The number of methoxy groups -OCH3 is 1. The van der Waals surface area contributed by atoms with Crippen molar-refractivity contribution in [3.63, 3.8) is 0 Å². The van der Waals surface area contributed by atoms with Gasteiger partial charge in [0.15, 0.2) is 6.10 Å². The van der Waals surface area contributed by atoms with Crippen LogP contribution in [0.1, 0.15) is 38.4 Å². The van der Waals surface area contributed by atoms with Gasteiger partial charge in [0.2, 0.25) is 12.2 Å². The van der Waals surface area contributed by atoms with Crippen LogP contribution >= 0.6 is 12.6 Å². The van der Waals surface area contributed by atoms with Crippen molar-refractivity contribution in [2.24, 2.45) is 0 Å². The number of carbonyl (C=O) groups is 2. The average molecular weight is 479 g/mol. The Hall–Kier alpha value is -2.49. The van der Waals surface area contributed by atoms with Crippen LogP contribution in [-0.2, 0) is 23.8 Å². The Morgan fingerprint density at radius 3 is 2.67 bits per heavy atom. The van der Waals surface area contributed by atoms with Crippen molar-refractivity contribution >= 4 is 24.8 Å². The molecule has 1 aliphatic rings. The quantitative estimate of drug-likeness (QED) is 0.195. The predicted molar refractivity (Wildman–Crippen MR) is 129 cm³/mol. The highest BCUT2D eigenvalue weighted by Crippen LogP contribution is 2.32. The molecule has 1 aromatic carbocycles. The molecule has 1 saturated heterocycles. The highest BCUT2D eigenvalue weighted by molar-refractivity contribution is 7.84. The summed E-state index contributed by atoms with van der Waals surface area (Å²) >= 11 is 4.51. The zero-order valence-electron chi connectivity index (χ0n) is 19.7. The molecule has 0 unspecified atom stereocenters. The number of hydrogen-bond acceptors (Lipinski definition) is 8. The molecule has 1 fully saturated rings. The summed E-state index contributed by atoms with van der Waals surface area (Å²) < 4.78 is 22.8. The number of amides is 1. The van der Waals surface area contributed by atoms with Gasteiger partial charge in [-0.05, 0) is 32.8 Å². The third kappa shape index (κ3) is 7.80. The molecule has 2 rings (SSSR count). The van der Waals surface area contributed by atoms with E-state index in [1.165, 1.54) is 11.2 Å². The molecule has 0 saturated carbocycles. The maximum Gasteiger partial charge on any atom is 0.214 e. The monoisotopic (exact) mass is 478 g/mol. The van der Waals surface area contributed by atoms with Crippen LogP contribution in [0.25, 0.3) is 0 Å². The number of carbonyl (C=O) groups excluding carboxylic acids is 2. The summed E-state index contributed by atoms with van der Waals surface area (Å²) in [5.41, 5.74) is 1.14. The summed E-state index contributed by atoms with van der Waals surface area (Å²) in [7, 11) is 3.32. The molecule has 0 radical (unpaired) electrons. The second-order valence-electron chi connectivity index (χ2n) is 7.62. The lowest BCUT2D eigenvalue weighted by Crippen LogP contribution is -2.33. The molecular weight excluding hydrogens is 444 g/mol. The van der Waals surface area contributed by atoms with Crippen LogP contribution in [0.4, 0.5) is 0 Å². The van der Waals surface area contributed by atoms with Gasteiger partial charge >= 0.3 is 0 Å². The van der Waals surface area contributed by atoms with Crippen molar-refractivity contribution in [1.29, 1.82) is 0 Å². The van der Waals surface area contributed by atoms with E-state index in [0.29, 0.717) is 30.9 Å². The molecule has 1 aliphatic heterocycles. The van der Waals surface area contributed by atoms with Crippen molar-refractivity contribution in [2.45, 2.75) is 45.0 Å². The van der Waals surface area contributed by atoms with Crippen molar-refractivity contribution < 1.29 is 28.5 Å². The lowest BCUT2D eigenvalue weighted by Gasteiger charge is -2.31. The van der Waals surface area contributed by atoms with Gasteiger partial charge in [0.1, 0.15) is 11.9 Å². The van der Waals surface area contributed by atoms with Crippen LogP contribution in [0, 0.1) is 0 Å². The summed E-state index contributed by atoms with van der Waals surface area (Å²) in [6, 6.07) is 7.54. The minimum atomic E-state index is -0.728. The van der Waals surface area contributed by atoms with Crippen molar-refractivity contribution in [1.82, 2.24) is 10.2 Å². The highest BCUT2D eigenvalue weighted by atomic mass is 32.1. The van der Waals surface area contributed by atoms with Crippen molar-refractivity contribution in [3.05, 3.63) is 52.9 Å². The Kier molecular flexibility index (Phi) is 11.3. The van der Waals surface area contributed by atoms with E-state index in [9.17, 15) is 9.59 Å². The van der Waals surface area contributed by atoms with Gasteiger partial charge in [-0.2, -0.15) is 0 Å². The van der Waals surface area contributed by atoms with E-state index in [4.69, 9.17) is 18.9 Å². The molecule has 2 atom stereocenters. The maximum absolute atomic E-state index is 12.8. The molecule has 0 spiro atoms. The minimum Gasteiger partial charge on any atom is -0.496 e. The van der Waals surface area contributed by atoms with Crippen LogP contribution in [0.3, 0.4) is 0 Å². The van der Waals surface area contributed by atoms with E-state index < -0.39 is 12.2 Å². The van der Waals surface area contributed by atoms with Crippen molar-refractivity contribution in [3.8, 4) is 5.75 Å². The molecule has 0 aliphatic carbocycles. The summed E-state index contributed by atoms with van der Waals surface area (Å²) in [6.07, 6.45) is 3.95. The Labute approximate surface area is 201 Å². The van der Waals surface area contributed by atoms with Crippen LogP contribution in [0.5, 0.6) is 5.75 Å². The first-order chi connectivity index (χ1) is 15.9. The molecular formula is C24H34N2O6S. The molecule has 1 N–H and O–H groups in total. The Morgan fingerprint density at radius 1 is 1.33 bits per heavy atom. The van der Waals surface area contributed by atoms with E-state index in [1.807, 2.05) is 24.3 Å². The van der Waals surface area contributed by atoms with Gasteiger partial charge in [-0.3, -0.25) is 9.59 Å². The van der Waals surface area contributed by atoms with Crippen molar-refractivity contribution in [2.75, 3.05) is 33.9 Å². The highest BCUT2D eigenvalue weighted by Gasteiger charge is 2.27. The largest absolute Gasteiger partial charge is 0.496 e. The topological polar surface area (TPSA) is 86.3 Å². The number of nitrogens with one attached hydrogen (secondary N) is 1. The fourth-order valence-electron chi connectivity index (χ4n) is 3.47. The molecule has 0 aromatic heterocycles. The third-order valence-electron chi connectivity index (χ3n) is 5.36. The predicted octanol–water partition coefficient (Wildman–Crippen LogP) is 3.22. The number of hydrogen-bond donors (Lipinski definition) is 2. The smallest absolute Gasteiger partial charge is 0.214 e. The van der Waals surface area contributed by atoms with Crippen LogP contribution < -0.4 is 10.1 Å². The number of ketones is 1. The Bertz CT molecular complexity index is 838. The molecule has 0 bridgehead atoms. The molecule has 1 amide bonds. The number of benzene rings is 1. The summed E-state index contributed by atoms with van der Waals surface area (Å²) in [4.78, 5) is 26.2. The number of thiol groups is 1. The fraction of sp³-hybridized carbons (Fsp3) is 0.500. The Balaban J connectivity index is 2.27. The number of para-hydroxylation sites is 1. The van der Waals surface area contributed by atoms with E-state index >= 15 is 0 Å². The van der Waals surface area contributed by atoms with Gasteiger partial charge < -0.3 is 29.2 Å². The molecule has 8 nitrogen and oxygen atoms in total. The van der Waals surface area contributed by atoms with Crippen LogP contribution in [-0.4, -0.2) is 63.2 Å². The van der Waals surface area contributed by atoms with Gasteiger partial charge in [-0.25, -0.2) is 0 Å². The first-order valence-corrected chi connectivity index (χ1v) is 11.4. The second-order valence-corrected chi connectivity index (χ2v) is 8.04. The second kappa shape index (κ2) is 13.9. The molecule has 1 aromatic rings. The summed E-state index contributed by atoms with van der Waals surface area (Å²) in [5, 5.41) is 3.04.